The van der Waals surface area contributed by atoms with Crippen molar-refractivity contribution in [2.75, 3.05) is 41.5 Å². The fourth-order valence-corrected chi connectivity index (χ4v) is 2.41. The molecule has 6 heteroatoms. The van der Waals surface area contributed by atoms with Crippen LogP contribution in [0.1, 0.15) is 11.1 Å². The third-order valence-corrected chi connectivity index (χ3v) is 3.76. The van der Waals surface area contributed by atoms with E-state index >= 15 is 0 Å². The van der Waals surface area contributed by atoms with Gasteiger partial charge in [0.15, 0.2) is 23.0 Å². The molecule has 4 N–H and O–H groups in total. The molecule has 0 atom stereocenters. The average molecular weight is 362 g/mol. The van der Waals surface area contributed by atoms with E-state index in [9.17, 15) is 0 Å². The van der Waals surface area contributed by atoms with Gasteiger partial charge >= 0.3 is 0 Å². The van der Waals surface area contributed by atoms with Gasteiger partial charge in [0.1, 0.15) is 0 Å². The lowest BCUT2D eigenvalue weighted by molar-refractivity contribution is 0.354. The predicted molar refractivity (Wildman–Crippen MR) is 105 cm³/mol. The summed E-state index contributed by atoms with van der Waals surface area (Å²) in [5.74, 6) is 3.02. The van der Waals surface area contributed by atoms with E-state index in [1.54, 1.807) is 28.4 Å². The number of ether oxygens (including phenoxy) is 4. The predicted octanol–water partition coefficient (Wildman–Crippen LogP) is 2.41. The Labute approximate surface area is 156 Å². The summed E-state index contributed by atoms with van der Waals surface area (Å²) in [4.78, 5) is 0. The van der Waals surface area contributed by atoms with Crippen LogP contribution in [-0.4, -0.2) is 41.5 Å². The molecule has 0 spiro atoms. The van der Waals surface area contributed by atoms with Crippen molar-refractivity contribution in [2.24, 2.45) is 11.5 Å². The van der Waals surface area contributed by atoms with Crippen LogP contribution in [0.15, 0.2) is 36.4 Å². The van der Waals surface area contributed by atoms with E-state index in [1.165, 1.54) is 11.1 Å². The van der Waals surface area contributed by atoms with E-state index in [0.29, 0.717) is 13.1 Å². The standard InChI is InChI=1S/2C10H15NO2/c2*1-12-9-4-3-8(5-6-11)7-10(9)13-2/h2*3-4,7H,5-6,11H2,1-2H3. The number of hydrogen-bond acceptors (Lipinski definition) is 6. The Balaban J connectivity index is 0.000000260. The van der Waals surface area contributed by atoms with Crippen molar-refractivity contribution in [1.82, 2.24) is 0 Å². The van der Waals surface area contributed by atoms with Crippen molar-refractivity contribution in [1.29, 1.82) is 0 Å². The van der Waals surface area contributed by atoms with Crippen LogP contribution in [0.5, 0.6) is 23.0 Å². The van der Waals surface area contributed by atoms with E-state index < -0.39 is 0 Å². The summed E-state index contributed by atoms with van der Waals surface area (Å²) < 4.78 is 20.5. The molecule has 26 heavy (non-hydrogen) atoms. The van der Waals surface area contributed by atoms with Crippen molar-refractivity contribution in [3.63, 3.8) is 0 Å². The Hall–Kier alpha value is -2.44. The molecule has 0 radical (unpaired) electrons. The van der Waals surface area contributed by atoms with Crippen LogP contribution >= 0.6 is 0 Å². The highest BCUT2D eigenvalue weighted by molar-refractivity contribution is 5.43. The van der Waals surface area contributed by atoms with Crippen LogP contribution < -0.4 is 30.4 Å². The molecule has 2 aromatic rings. The summed E-state index contributed by atoms with van der Waals surface area (Å²) >= 11 is 0. The topological polar surface area (TPSA) is 89.0 Å². The first-order valence-electron chi connectivity index (χ1n) is 8.45. The first-order chi connectivity index (χ1) is 12.6. The number of nitrogens with two attached hydrogens (primary N) is 2. The highest BCUT2D eigenvalue weighted by Gasteiger charge is 2.04. The van der Waals surface area contributed by atoms with E-state index in [0.717, 1.165) is 35.8 Å². The van der Waals surface area contributed by atoms with Crippen LogP contribution in [0.4, 0.5) is 0 Å². The first kappa shape index (κ1) is 21.6. The van der Waals surface area contributed by atoms with Gasteiger partial charge in [0.25, 0.3) is 0 Å². The van der Waals surface area contributed by atoms with E-state index in [4.69, 9.17) is 30.4 Å². The molecule has 0 fully saturated rings. The molecule has 2 aromatic carbocycles. The summed E-state index contributed by atoms with van der Waals surface area (Å²) in [6.07, 6.45) is 1.72. The third-order valence-electron chi connectivity index (χ3n) is 3.76. The Morgan fingerprint density at radius 1 is 0.577 bits per heavy atom. The Kier molecular flexibility index (Phi) is 9.97. The summed E-state index contributed by atoms with van der Waals surface area (Å²) in [5.41, 5.74) is 13.2. The second-order valence-corrected chi connectivity index (χ2v) is 5.46. The Morgan fingerprint density at radius 3 is 1.19 bits per heavy atom. The molecule has 0 saturated heterocycles. The number of hydrogen-bond donors (Lipinski definition) is 2. The number of methoxy groups -OCH3 is 4. The smallest absolute Gasteiger partial charge is 0.160 e. The highest BCUT2D eigenvalue weighted by Crippen LogP contribution is 2.28. The van der Waals surface area contributed by atoms with Gasteiger partial charge in [0.05, 0.1) is 28.4 Å². The van der Waals surface area contributed by atoms with Gasteiger partial charge in [0.2, 0.25) is 0 Å². The number of rotatable bonds is 8. The van der Waals surface area contributed by atoms with Crippen LogP contribution in [0.3, 0.4) is 0 Å². The maximum absolute atomic E-state index is 5.45. The van der Waals surface area contributed by atoms with Crippen LogP contribution in [0.25, 0.3) is 0 Å². The minimum atomic E-state index is 0.648. The molecule has 0 unspecified atom stereocenters. The van der Waals surface area contributed by atoms with E-state index in [1.807, 2.05) is 36.4 Å². The van der Waals surface area contributed by atoms with Gasteiger partial charge in [-0.15, -0.1) is 0 Å². The minimum Gasteiger partial charge on any atom is -0.493 e. The second kappa shape index (κ2) is 12.0. The second-order valence-electron chi connectivity index (χ2n) is 5.46. The molecule has 0 saturated carbocycles. The van der Waals surface area contributed by atoms with Gasteiger partial charge < -0.3 is 30.4 Å². The van der Waals surface area contributed by atoms with Gasteiger partial charge in [-0.3, -0.25) is 0 Å². The number of benzene rings is 2. The molecule has 144 valence electrons. The fraction of sp³-hybridized carbons (Fsp3) is 0.400. The van der Waals surface area contributed by atoms with Crippen LogP contribution in [0.2, 0.25) is 0 Å². The molecule has 0 aliphatic heterocycles. The van der Waals surface area contributed by atoms with Gasteiger partial charge in [0, 0.05) is 0 Å². The maximum Gasteiger partial charge on any atom is 0.160 e. The molecule has 0 aromatic heterocycles. The molecule has 0 aliphatic carbocycles. The SMILES string of the molecule is COc1ccc(CCN)cc1OC.COc1ccc(CCN)cc1OC. The monoisotopic (exact) mass is 362 g/mol. The van der Waals surface area contributed by atoms with Gasteiger partial charge in [-0.2, -0.15) is 0 Å². The molecule has 0 bridgehead atoms. The third kappa shape index (κ3) is 6.46. The quantitative estimate of drug-likeness (QED) is 0.750. The highest BCUT2D eigenvalue weighted by atomic mass is 16.5. The minimum absolute atomic E-state index is 0.648. The molecule has 0 amide bonds. The normalized spacial score (nSPS) is 9.77. The first-order valence-corrected chi connectivity index (χ1v) is 8.45. The van der Waals surface area contributed by atoms with Crippen molar-refractivity contribution < 1.29 is 18.9 Å². The summed E-state index contributed by atoms with van der Waals surface area (Å²) in [6.45, 7) is 1.30. The van der Waals surface area contributed by atoms with Crippen LogP contribution in [-0.2, 0) is 12.8 Å². The van der Waals surface area contributed by atoms with Crippen LogP contribution in [0, 0.1) is 0 Å². The van der Waals surface area contributed by atoms with Gasteiger partial charge in [-0.1, -0.05) is 12.1 Å². The zero-order chi connectivity index (χ0) is 19.4. The zero-order valence-corrected chi connectivity index (χ0v) is 16.1. The zero-order valence-electron chi connectivity index (χ0n) is 16.1. The summed E-state index contributed by atoms with van der Waals surface area (Å²) in [5, 5.41) is 0. The fourth-order valence-electron chi connectivity index (χ4n) is 2.41. The largest absolute Gasteiger partial charge is 0.493 e. The van der Waals surface area contributed by atoms with Crippen molar-refractivity contribution in [3.05, 3.63) is 47.5 Å². The van der Waals surface area contributed by atoms with Crippen molar-refractivity contribution in [2.45, 2.75) is 12.8 Å². The Bertz CT molecular complexity index is 605. The maximum atomic E-state index is 5.45. The lowest BCUT2D eigenvalue weighted by atomic mass is 10.1. The van der Waals surface area contributed by atoms with E-state index in [2.05, 4.69) is 0 Å². The van der Waals surface area contributed by atoms with Crippen molar-refractivity contribution >= 4 is 0 Å². The van der Waals surface area contributed by atoms with Gasteiger partial charge in [-0.05, 0) is 61.3 Å². The molecule has 2 rings (SSSR count). The molecule has 6 nitrogen and oxygen atoms in total. The van der Waals surface area contributed by atoms with Gasteiger partial charge in [-0.25, -0.2) is 0 Å². The molecular formula is C20H30N2O4. The average Bonchev–Trinajstić information content (AvgIpc) is 2.68. The lowest BCUT2D eigenvalue weighted by Crippen LogP contribution is -2.03. The lowest BCUT2D eigenvalue weighted by Gasteiger charge is -2.08. The molecular weight excluding hydrogens is 332 g/mol. The molecule has 0 heterocycles. The van der Waals surface area contributed by atoms with E-state index in [-0.39, 0.29) is 0 Å². The van der Waals surface area contributed by atoms with Crippen molar-refractivity contribution in [3.8, 4) is 23.0 Å². The Morgan fingerprint density at radius 2 is 0.923 bits per heavy atom. The summed E-state index contributed by atoms with van der Waals surface area (Å²) in [6, 6.07) is 11.7. The summed E-state index contributed by atoms with van der Waals surface area (Å²) in [7, 11) is 6.51. The molecule has 0 aliphatic rings.